The van der Waals surface area contributed by atoms with Crippen molar-refractivity contribution in [3.05, 3.63) is 58.6 Å². The van der Waals surface area contributed by atoms with Gasteiger partial charge in [0.05, 0.1) is 11.4 Å². The Balaban J connectivity index is 1.86. The molecule has 1 fully saturated rings. The largest absolute Gasteiger partial charge is 0.322 e. The van der Waals surface area contributed by atoms with Gasteiger partial charge in [-0.05, 0) is 49.2 Å². The molecule has 1 aliphatic rings. The highest BCUT2D eigenvalue weighted by Gasteiger charge is 2.28. The summed E-state index contributed by atoms with van der Waals surface area (Å²) in [5.41, 5.74) is 2.44. The minimum Gasteiger partial charge on any atom is -0.322 e. The van der Waals surface area contributed by atoms with Crippen LogP contribution in [0.3, 0.4) is 0 Å². The van der Waals surface area contributed by atoms with Crippen molar-refractivity contribution in [1.82, 2.24) is 0 Å². The molecule has 24 heavy (non-hydrogen) atoms. The third-order valence-corrected chi connectivity index (χ3v) is 6.05. The molecular weight excluding hydrogens is 348 g/mol. The van der Waals surface area contributed by atoms with Gasteiger partial charge in [0.15, 0.2) is 0 Å². The molecule has 1 aliphatic heterocycles. The van der Waals surface area contributed by atoms with Crippen molar-refractivity contribution in [2.75, 3.05) is 21.9 Å². The molecule has 2 aromatic carbocycles. The lowest BCUT2D eigenvalue weighted by Gasteiger charge is -2.17. The molecule has 1 N–H and O–H groups in total. The number of hydrogen-bond donors (Lipinski definition) is 1. The molecule has 0 radical (unpaired) electrons. The molecule has 0 aromatic heterocycles. The van der Waals surface area contributed by atoms with Crippen LogP contribution >= 0.6 is 11.6 Å². The highest BCUT2D eigenvalue weighted by atomic mass is 35.5. The van der Waals surface area contributed by atoms with Crippen LogP contribution in [0.4, 0.5) is 11.4 Å². The fraction of sp³-hybridized carbons (Fsp3) is 0.235. The molecule has 3 rings (SSSR count). The first-order valence-corrected chi connectivity index (χ1v) is 9.53. The summed E-state index contributed by atoms with van der Waals surface area (Å²) in [5.74, 6) is -0.163. The normalized spacial score (nSPS) is 16.2. The summed E-state index contributed by atoms with van der Waals surface area (Å²) >= 11 is 5.96. The Kier molecular flexibility index (Phi) is 4.51. The van der Waals surface area contributed by atoms with Gasteiger partial charge in [-0.1, -0.05) is 23.7 Å². The van der Waals surface area contributed by atoms with Crippen molar-refractivity contribution in [2.24, 2.45) is 0 Å². The maximum Gasteiger partial charge on any atom is 0.255 e. The zero-order valence-electron chi connectivity index (χ0n) is 13.1. The second kappa shape index (κ2) is 6.45. The number of amides is 1. The van der Waals surface area contributed by atoms with Gasteiger partial charge in [0, 0.05) is 22.8 Å². The van der Waals surface area contributed by atoms with Crippen LogP contribution in [0.5, 0.6) is 0 Å². The predicted molar refractivity (Wildman–Crippen MR) is 96.3 cm³/mol. The van der Waals surface area contributed by atoms with E-state index >= 15 is 0 Å². The van der Waals surface area contributed by atoms with Crippen LogP contribution in [0.15, 0.2) is 42.5 Å². The molecule has 5 nitrogen and oxygen atoms in total. The van der Waals surface area contributed by atoms with E-state index < -0.39 is 10.0 Å². The number of rotatable bonds is 3. The molecule has 0 aliphatic carbocycles. The lowest BCUT2D eigenvalue weighted by molar-refractivity contribution is 0.102. The van der Waals surface area contributed by atoms with E-state index in [2.05, 4.69) is 5.32 Å². The smallest absolute Gasteiger partial charge is 0.255 e. The van der Waals surface area contributed by atoms with Gasteiger partial charge in [-0.3, -0.25) is 9.10 Å². The zero-order chi connectivity index (χ0) is 17.3. The van der Waals surface area contributed by atoms with Gasteiger partial charge in [0.2, 0.25) is 10.0 Å². The van der Waals surface area contributed by atoms with E-state index in [1.165, 1.54) is 4.31 Å². The molecule has 0 saturated carbocycles. The molecule has 1 saturated heterocycles. The molecule has 1 heterocycles. The zero-order valence-corrected chi connectivity index (χ0v) is 14.7. The van der Waals surface area contributed by atoms with E-state index in [0.29, 0.717) is 34.9 Å². The standard InChI is InChI=1S/C17H17ClN2O3S/c1-12-6-7-14(18)11-16(12)19-17(21)13-4-2-5-15(10-13)20-8-3-9-24(20,22)23/h2,4-7,10-11H,3,8-9H2,1H3,(H,19,21). The van der Waals surface area contributed by atoms with Crippen molar-refractivity contribution in [2.45, 2.75) is 13.3 Å². The Bertz CT molecular complexity index is 896. The molecular formula is C17H17ClN2O3S. The summed E-state index contributed by atoms with van der Waals surface area (Å²) in [5, 5.41) is 3.35. The van der Waals surface area contributed by atoms with Crippen LogP contribution in [-0.4, -0.2) is 26.6 Å². The molecule has 0 atom stereocenters. The van der Waals surface area contributed by atoms with E-state index in [0.717, 1.165) is 5.56 Å². The SMILES string of the molecule is Cc1ccc(Cl)cc1NC(=O)c1cccc(N2CCCS2(=O)=O)c1. The third kappa shape index (κ3) is 3.39. The predicted octanol–water partition coefficient (Wildman–Crippen LogP) is 3.44. The van der Waals surface area contributed by atoms with Gasteiger partial charge in [0.25, 0.3) is 5.91 Å². The first-order valence-electron chi connectivity index (χ1n) is 7.55. The minimum atomic E-state index is -3.27. The monoisotopic (exact) mass is 364 g/mol. The van der Waals surface area contributed by atoms with E-state index in [9.17, 15) is 13.2 Å². The third-order valence-electron chi connectivity index (χ3n) is 3.94. The summed E-state index contributed by atoms with van der Waals surface area (Å²) in [6.07, 6.45) is 0.598. The van der Waals surface area contributed by atoms with E-state index in [1.807, 2.05) is 13.0 Å². The van der Waals surface area contributed by atoms with Crippen molar-refractivity contribution < 1.29 is 13.2 Å². The van der Waals surface area contributed by atoms with Crippen LogP contribution in [0.25, 0.3) is 0 Å². The summed E-state index contributed by atoms with van der Waals surface area (Å²) in [6, 6.07) is 11.9. The number of nitrogens with one attached hydrogen (secondary N) is 1. The number of carbonyl (C=O) groups excluding carboxylic acids is 1. The molecule has 0 unspecified atom stereocenters. The second-order valence-corrected chi connectivity index (χ2v) is 8.15. The Morgan fingerprint density at radius 2 is 2.00 bits per heavy atom. The second-order valence-electron chi connectivity index (χ2n) is 5.71. The topological polar surface area (TPSA) is 66.5 Å². The number of sulfonamides is 1. The maximum atomic E-state index is 12.5. The first kappa shape index (κ1) is 16.8. The van der Waals surface area contributed by atoms with Gasteiger partial charge in [-0.15, -0.1) is 0 Å². The molecule has 1 amide bonds. The van der Waals surface area contributed by atoms with Gasteiger partial charge < -0.3 is 5.32 Å². The number of aryl methyl sites for hydroxylation is 1. The summed E-state index contributed by atoms with van der Waals surface area (Å²) in [4.78, 5) is 12.5. The fourth-order valence-corrected chi connectivity index (χ4v) is 4.38. The summed E-state index contributed by atoms with van der Waals surface area (Å²) in [7, 11) is -3.27. The van der Waals surface area contributed by atoms with Crippen molar-refractivity contribution in [1.29, 1.82) is 0 Å². The van der Waals surface area contributed by atoms with Gasteiger partial charge in [-0.25, -0.2) is 8.42 Å². The maximum absolute atomic E-state index is 12.5. The van der Waals surface area contributed by atoms with Crippen LogP contribution in [0.1, 0.15) is 22.3 Å². The summed E-state index contributed by atoms with van der Waals surface area (Å²) < 4.78 is 25.4. The quantitative estimate of drug-likeness (QED) is 0.907. The van der Waals surface area contributed by atoms with Crippen LogP contribution in [-0.2, 0) is 10.0 Å². The Morgan fingerprint density at radius 1 is 1.21 bits per heavy atom. The number of carbonyl (C=O) groups is 1. The van der Waals surface area contributed by atoms with Gasteiger partial charge in [0.1, 0.15) is 0 Å². The van der Waals surface area contributed by atoms with E-state index in [1.54, 1.807) is 36.4 Å². The highest BCUT2D eigenvalue weighted by molar-refractivity contribution is 7.93. The van der Waals surface area contributed by atoms with Crippen LogP contribution in [0, 0.1) is 6.92 Å². The Morgan fingerprint density at radius 3 is 2.71 bits per heavy atom. The molecule has 126 valence electrons. The van der Waals surface area contributed by atoms with E-state index in [-0.39, 0.29) is 11.7 Å². The first-order chi connectivity index (χ1) is 11.4. The minimum absolute atomic E-state index is 0.144. The lowest BCUT2D eigenvalue weighted by atomic mass is 10.1. The van der Waals surface area contributed by atoms with E-state index in [4.69, 9.17) is 11.6 Å². The fourth-order valence-electron chi connectivity index (χ4n) is 2.66. The van der Waals surface area contributed by atoms with Crippen molar-refractivity contribution in [3.8, 4) is 0 Å². The van der Waals surface area contributed by atoms with Crippen LogP contribution in [0.2, 0.25) is 5.02 Å². The number of halogens is 1. The highest BCUT2D eigenvalue weighted by Crippen LogP contribution is 2.26. The van der Waals surface area contributed by atoms with Gasteiger partial charge >= 0.3 is 0 Å². The molecule has 2 aromatic rings. The Hall–Kier alpha value is -2.05. The number of anilines is 2. The molecule has 0 bridgehead atoms. The van der Waals surface area contributed by atoms with Gasteiger partial charge in [-0.2, -0.15) is 0 Å². The number of nitrogens with zero attached hydrogens (tertiary/aromatic N) is 1. The molecule has 7 heteroatoms. The molecule has 0 spiro atoms. The number of benzene rings is 2. The average Bonchev–Trinajstić information content (AvgIpc) is 2.90. The van der Waals surface area contributed by atoms with Crippen LogP contribution < -0.4 is 9.62 Å². The Labute approximate surface area is 146 Å². The average molecular weight is 365 g/mol. The summed E-state index contributed by atoms with van der Waals surface area (Å²) in [6.45, 7) is 2.32. The number of hydrogen-bond acceptors (Lipinski definition) is 3. The lowest BCUT2D eigenvalue weighted by Crippen LogP contribution is -2.25. The van der Waals surface area contributed by atoms with Crippen molar-refractivity contribution in [3.63, 3.8) is 0 Å². The van der Waals surface area contributed by atoms with Crippen molar-refractivity contribution >= 4 is 38.9 Å².